The number of rotatable bonds is 3. The molecule has 0 radical (unpaired) electrons. The molecule has 8 rings (SSSR count). The number of nitrogens with one attached hydrogen (secondary N) is 1. The number of para-hydroxylation sites is 1. The first-order valence-electron chi connectivity index (χ1n) is 13.0. The van der Waals surface area contributed by atoms with Crippen LogP contribution in [0.2, 0.25) is 0 Å². The molecule has 38 heavy (non-hydrogen) atoms. The smallest absolute Gasteiger partial charge is 0.257 e. The number of hydrogen-bond donors (Lipinski definition) is 1. The predicted octanol–water partition coefficient (Wildman–Crippen LogP) is 5.95. The van der Waals surface area contributed by atoms with Crippen molar-refractivity contribution in [2.45, 2.75) is 25.7 Å². The van der Waals surface area contributed by atoms with Crippen LogP contribution in [0.1, 0.15) is 55.6 Å². The summed E-state index contributed by atoms with van der Waals surface area (Å²) in [6.45, 7) is 3.95. The molecular weight excluding hydrogens is 472 g/mol. The van der Waals surface area contributed by atoms with Crippen LogP contribution in [-0.4, -0.2) is 17.7 Å². The maximum Gasteiger partial charge on any atom is 0.257 e. The van der Waals surface area contributed by atoms with E-state index in [0.29, 0.717) is 16.9 Å². The number of benzene rings is 4. The molecule has 5 nitrogen and oxygen atoms in total. The third-order valence-electron chi connectivity index (χ3n) is 8.69. The molecule has 0 unspecified atom stereocenters. The van der Waals surface area contributed by atoms with Crippen LogP contribution in [0.15, 0.2) is 91.0 Å². The Labute approximate surface area is 221 Å². The number of amides is 3. The van der Waals surface area contributed by atoms with Gasteiger partial charge in [0.15, 0.2) is 0 Å². The van der Waals surface area contributed by atoms with Crippen molar-refractivity contribution in [3.8, 4) is 0 Å². The second kappa shape index (κ2) is 8.25. The van der Waals surface area contributed by atoms with Crippen LogP contribution < -0.4 is 10.2 Å². The fourth-order valence-electron chi connectivity index (χ4n) is 6.85. The van der Waals surface area contributed by atoms with Crippen LogP contribution in [0.25, 0.3) is 0 Å². The van der Waals surface area contributed by atoms with Crippen molar-refractivity contribution >= 4 is 29.1 Å². The molecule has 5 heteroatoms. The second-order valence-electron chi connectivity index (χ2n) is 10.5. The maximum absolute atomic E-state index is 14.2. The highest BCUT2D eigenvalue weighted by atomic mass is 16.2. The molecule has 4 aliphatic rings. The van der Waals surface area contributed by atoms with Gasteiger partial charge in [-0.1, -0.05) is 72.8 Å². The van der Waals surface area contributed by atoms with Gasteiger partial charge in [-0.25, -0.2) is 4.90 Å². The highest BCUT2D eigenvalue weighted by molar-refractivity contribution is 6.26. The number of anilines is 2. The Kier molecular flexibility index (Phi) is 4.92. The molecule has 3 amide bonds. The lowest BCUT2D eigenvalue weighted by Crippen LogP contribution is -2.41. The van der Waals surface area contributed by atoms with Crippen molar-refractivity contribution in [3.63, 3.8) is 0 Å². The van der Waals surface area contributed by atoms with E-state index in [9.17, 15) is 14.4 Å². The maximum atomic E-state index is 14.2. The average Bonchev–Trinajstić information content (AvgIpc) is 3.21. The van der Waals surface area contributed by atoms with Gasteiger partial charge in [0.1, 0.15) is 0 Å². The van der Waals surface area contributed by atoms with E-state index in [1.807, 2.05) is 56.3 Å². The zero-order chi connectivity index (χ0) is 26.1. The normalized spacial score (nSPS) is 22.6. The summed E-state index contributed by atoms with van der Waals surface area (Å²) in [4.78, 5) is 43.1. The van der Waals surface area contributed by atoms with Crippen molar-refractivity contribution in [1.82, 2.24) is 0 Å². The fourth-order valence-corrected chi connectivity index (χ4v) is 6.85. The number of carbonyl (C=O) groups is 3. The van der Waals surface area contributed by atoms with Crippen molar-refractivity contribution in [3.05, 3.63) is 130 Å². The lowest BCUT2D eigenvalue weighted by molar-refractivity contribution is -0.122. The summed E-state index contributed by atoms with van der Waals surface area (Å²) in [5.74, 6) is -2.17. The van der Waals surface area contributed by atoms with Gasteiger partial charge < -0.3 is 5.32 Å². The topological polar surface area (TPSA) is 66.5 Å². The molecule has 0 aromatic heterocycles. The molecule has 2 atom stereocenters. The van der Waals surface area contributed by atoms with Crippen LogP contribution in [-0.2, 0) is 9.59 Å². The molecule has 3 aliphatic carbocycles. The van der Waals surface area contributed by atoms with E-state index >= 15 is 0 Å². The molecule has 186 valence electrons. The summed E-state index contributed by atoms with van der Waals surface area (Å²) < 4.78 is 0. The highest BCUT2D eigenvalue weighted by Gasteiger charge is 2.62. The molecule has 1 fully saturated rings. The summed E-state index contributed by atoms with van der Waals surface area (Å²) in [7, 11) is 0. The predicted molar refractivity (Wildman–Crippen MR) is 146 cm³/mol. The Hall–Kier alpha value is -4.51. The Balaban J connectivity index is 1.32. The Morgan fingerprint density at radius 1 is 0.658 bits per heavy atom. The quantitative estimate of drug-likeness (QED) is 0.355. The molecular formula is C33H26N2O3. The minimum absolute atomic E-state index is 0.185. The van der Waals surface area contributed by atoms with Crippen LogP contribution >= 0.6 is 0 Å². The molecule has 0 spiro atoms. The zero-order valence-electron chi connectivity index (χ0n) is 21.1. The van der Waals surface area contributed by atoms with Gasteiger partial charge in [-0.3, -0.25) is 14.4 Å². The van der Waals surface area contributed by atoms with E-state index < -0.39 is 11.8 Å². The first-order chi connectivity index (χ1) is 18.5. The highest BCUT2D eigenvalue weighted by Crippen LogP contribution is 2.61. The largest absolute Gasteiger partial charge is 0.322 e. The van der Waals surface area contributed by atoms with E-state index in [2.05, 4.69) is 29.6 Å². The summed E-state index contributed by atoms with van der Waals surface area (Å²) >= 11 is 0. The zero-order valence-corrected chi connectivity index (χ0v) is 21.1. The number of hydrogen-bond acceptors (Lipinski definition) is 3. The minimum atomic E-state index is -0.493. The molecule has 1 N–H and O–H groups in total. The Morgan fingerprint density at radius 2 is 1.16 bits per heavy atom. The summed E-state index contributed by atoms with van der Waals surface area (Å²) in [5.41, 5.74) is 7.90. The molecule has 4 aromatic rings. The van der Waals surface area contributed by atoms with Gasteiger partial charge in [0.2, 0.25) is 11.8 Å². The van der Waals surface area contributed by atoms with Gasteiger partial charge in [-0.2, -0.15) is 0 Å². The fraction of sp³-hybridized carbons (Fsp3) is 0.182. The van der Waals surface area contributed by atoms with E-state index in [-0.39, 0.29) is 29.6 Å². The minimum Gasteiger partial charge on any atom is -0.322 e. The standard InChI is InChI=1S/C33H26N2O3/c1-18-10-9-16-25(19(18)2)34-31(36)24-15-7-8-17-26(24)35-32(37)29-27-20-11-3-4-12-21(20)28(30(29)33(35)38)23-14-6-5-13-22(23)27/h3-17,27-30H,1-2H3,(H,34,36)/t27?,28?,29-,30+. The number of imide groups is 1. The van der Waals surface area contributed by atoms with Crippen molar-refractivity contribution < 1.29 is 14.4 Å². The van der Waals surface area contributed by atoms with Crippen LogP contribution in [0.5, 0.6) is 0 Å². The summed E-state index contributed by atoms with van der Waals surface area (Å²) in [6.07, 6.45) is 0. The van der Waals surface area contributed by atoms with Crippen molar-refractivity contribution in [2.24, 2.45) is 11.8 Å². The van der Waals surface area contributed by atoms with Gasteiger partial charge >= 0.3 is 0 Å². The van der Waals surface area contributed by atoms with Gasteiger partial charge in [-0.05, 0) is 65.4 Å². The van der Waals surface area contributed by atoms with Gasteiger partial charge in [0.05, 0.1) is 23.1 Å². The van der Waals surface area contributed by atoms with E-state index in [1.165, 1.54) is 4.90 Å². The number of aryl methyl sites for hydroxylation is 1. The first kappa shape index (κ1) is 22.7. The van der Waals surface area contributed by atoms with Crippen LogP contribution in [0.3, 0.4) is 0 Å². The van der Waals surface area contributed by atoms with Crippen LogP contribution in [0, 0.1) is 25.7 Å². The Morgan fingerprint density at radius 3 is 1.71 bits per heavy atom. The second-order valence-corrected chi connectivity index (χ2v) is 10.5. The van der Waals surface area contributed by atoms with E-state index in [0.717, 1.165) is 33.4 Å². The molecule has 0 saturated carbocycles. The molecule has 2 bridgehead atoms. The van der Waals surface area contributed by atoms with Crippen molar-refractivity contribution in [1.29, 1.82) is 0 Å². The average molecular weight is 499 g/mol. The van der Waals surface area contributed by atoms with Gasteiger partial charge in [-0.15, -0.1) is 0 Å². The number of nitrogens with zero attached hydrogens (tertiary/aromatic N) is 1. The van der Waals surface area contributed by atoms with Crippen molar-refractivity contribution in [2.75, 3.05) is 10.2 Å². The third kappa shape index (κ3) is 3.02. The summed E-state index contributed by atoms with van der Waals surface area (Å²) in [6, 6.07) is 29.0. The van der Waals surface area contributed by atoms with Gasteiger partial charge in [0.25, 0.3) is 5.91 Å². The lowest BCUT2D eigenvalue weighted by Gasteiger charge is -2.45. The third-order valence-corrected chi connectivity index (χ3v) is 8.69. The van der Waals surface area contributed by atoms with Crippen LogP contribution in [0.4, 0.5) is 11.4 Å². The van der Waals surface area contributed by atoms with E-state index in [4.69, 9.17) is 0 Å². The summed E-state index contributed by atoms with van der Waals surface area (Å²) in [5, 5.41) is 2.99. The molecule has 4 aromatic carbocycles. The molecule has 1 aliphatic heterocycles. The molecule has 1 heterocycles. The molecule has 1 saturated heterocycles. The SMILES string of the molecule is Cc1cccc(NC(=O)c2ccccc2N2C(=O)[C@@H]3C4c5ccccc5C(c5ccccc54)[C@@H]3C2=O)c1C. The van der Waals surface area contributed by atoms with E-state index in [1.54, 1.807) is 24.3 Å². The number of carbonyl (C=O) groups excluding carboxylic acids is 3. The monoisotopic (exact) mass is 498 g/mol. The van der Waals surface area contributed by atoms with Gasteiger partial charge in [0, 0.05) is 17.5 Å². The Bertz CT molecular complexity index is 1560. The lowest BCUT2D eigenvalue weighted by atomic mass is 9.55. The first-order valence-corrected chi connectivity index (χ1v) is 13.0.